The summed E-state index contributed by atoms with van der Waals surface area (Å²) in [7, 11) is 3.13. The van der Waals surface area contributed by atoms with Crippen LogP contribution in [0, 0.1) is 5.41 Å². The van der Waals surface area contributed by atoms with Gasteiger partial charge in [0.1, 0.15) is 5.41 Å². The highest BCUT2D eigenvalue weighted by Crippen LogP contribution is 2.28. The Kier molecular flexibility index (Phi) is 7.26. The van der Waals surface area contributed by atoms with Crippen LogP contribution in [0.3, 0.4) is 0 Å². The number of carbonyl (C=O) groups is 2. The first kappa shape index (κ1) is 22.3. The van der Waals surface area contributed by atoms with Gasteiger partial charge in [0, 0.05) is 12.2 Å². The number of hydrogen-bond donors (Lipinski definition) is 2. The standard InChI is InChI=1S/C23H30N2O4/c1-15(2)17-9-7-8-10-18(17)25-22(27)23(3,4)21(26)24-14-16-11-12-19(28-5)20(13-16)29-6/h7-13,15H,14H2,1-6H3,(H,24,26)(H,25,27). The summed E-state index contributed by atoms with van der Waals surface area (Å²) in [6.45, 7) is 7.63. The molecule has 0 aliphatic carbocycles. The zero-order valence-electron chi connectivity index (χ0n) is 18.0. The molecule has 0 aliphatic heterocycles. The predicted molar refractivity (Wildman–Crippen MR) is 114 cm³/mol. The molecule has 0 saturated carbocycles. The molecule has 6 heteroatoms. The van der Waals surface area contributed by atoms with Crippen molar-refractivity contribution < 1.29 is 19.1 Å². The second-order valence-electron chi connectivity index (χ2n) is 7.69. The number of benzene rings is 2. The zero-order chi connectivity index (χ0) is 21.6. The number of amides is 2. The maximum Gasteiger partial charge on any atom is 0.239 e. The Morgan fingerprint density at radius 2 is 1.62 bits per heavy atom. The van der Waals surface area contributed by atoms with Crippen LogP contribution in [0.15, 0.2) is 42.5 Å². The molecular weight excluding hydrogens is 368 g/mol. The third-order valence-electron chi connectivity index (χ3n) is 4.87. The first-order valence-corrected chi connectivity index (χ1v) is 9.60. The second kappa shape index (κ2) is 9.45. The number of anilines is 1. The van der Waals surface area contributed by atoms with E-state index in [-0.39, 0.29) is 24.3 Å². The van der Waals surface area contributed by atoms with E-state index < -0.39 is 5.41 Å². The molecule has 2 N–H and O–H groups in total. The SMILES string of the molecule is COc1ccc(CNC(=O)C(C)(C)C(=O)Nc2ccccc2C(C)C)cc1OC. The summed E-state index contributed by atoms with van der Waals surface area (Å²) >= 11 is 0. The highest BCUT2D eigenvalue weighted by atomic mass is 16.5. The molecule has 0 unspecified atom stereocenters. The van der Waals surface area contributed by atoms with Crippen molar-refractivity contribution in [3.05, 3.63) is 53.6 Å². The monoisotopic (exact) mass is 398 g/mol. The molecule has 0 saturated heterocycles. The molecule has 2 amide bonds. The molecule has 0 atom stereocenters. The lowest BCUT2D eigenvalue weighted by molar-refractivity contribution is -0.138. The van der Waals surface area contributed by atoms with E-state index in [2.05, 4.69) is 24.5 Å². The van der Waals surface area contributed by atoms with E-state index >= 15 is 0 Å². The van der Waals surface area contributed by atoms with Gasteiger partial charge in [0.15, 0.2) is 11.5 Å². The van der Waals surface area contributed by atoms with Gasteiger partial charge in [-0.15, -0.1) is 0 Å². The third-order valence-corrected chi connectivity index (χ3v) is 4.87. The van der Waals surface area contributed by atoms with Gasteiger partial charge in [-0.05, 0) is 49.1 Å². The highest BCUT2D eigenvalue weighted by Gasteiger charge is 2.36. The number of methoxy groups -OCH3 is 2. The number of ether oxygens (including phenoxy) is 2. The van der Waals surface area contributed by atoms with Gasteiger partial charge < -0.3 is 20.1 Å². The van der Waals surface area contributed by atoms with Crippen LogP contribution in [0.25, 0.3) is 0 Å². The lowest BCUT2D eigenvalue weighted by Crippen LogP contribution is -2.45. The van der Waals surface area contributed by atoms with Gasteiger partial charge in [-0.3, -0.25) is 9.59 Å². The summed E-state index contributed by atoms with van der Waals surface area (Å²) in [5.41, 5.74) is 1.37. The van der Waals surface area contributed by atoms with Crippen molar-refractivity contribution in [3.8, 4) is 11.5 Å². The van der Waals surface area contributed by atoms with Gasteiger partial charge in [-0.25, -0.2) is 0 Å². The maximum atomic E-state index is 12.8. The number of nitrogens with one attached hydrogen (secondary N) is 2. The fourth-order valence-corrected chi connectivity index (χ4v) is 2.89. The molecule has 2 aromatic carbocycles. The van der Waals surface area contributed by atoms with Crippen LogP contribution in [0.4, 0.5) is 5.69 Å². The van der Waals surface area contributed by atoms with E-state index in [1.54, 1.807) is 40.2 Å². The van der Waals surface area contributed by atoms with Gasteiger partial charge in [-0.1, -0.05) is 38.1 Å². The summed E-state index contributed by atoms with van der Waals surface area (Å²) in [5, 5.41) is 5.74. The molecule has 156 valence electrons. The van der Waals surface area contributed by atoms with E-state index in [0.717, 1.165) is 16.8 Å². The van der Waals surface area contributed by atoms with Crippen molar-refractivity contribution in [2.24, 2.45) is 5.41 Å². The molecule has 6 nitrogen and oxygen atoms in total. The quantitative estimate of drug-likeness (QED) is 0.656. The van der Waals surface area contributed by atoms with Crippen LogP contribution in [0.1, 0.15) is 44.7 Å². The molecule has 29 heavy (non-hydrogen) atoms. The summed E-state index contributed by atoms with van der Waals surface area (Å²) in [5.74, 6) is 0.753. The third kappa shape index (κ3) is 5.28. The highest BCUT2D eigenvalue weighted by molar-refractivity contribution is 6.10. The summed E-state index contributed by atoms with van der Waals surface area (Å²) in [4.78, 5) is 25.6. The fraction of sp³-hybridized carbons (Fsp3) is 0.391. The van der Waals surface area contributed by atoms with E-state index in [1.807, 2.05) is 30.3 Å². The Morgan fingerprint density at radius 3 is 2.24 bits per heavy atom. The Hall–Kier alpha value is -3.02. The first-order chi connectivity index (χ1) is 13.7. The van der Waals surface area contributed by atoms with E-state index in [0.29, 0.717) is 11.5 Å². The van der Waals surface area contributed by atoms with Crippen LogP contribution < -0.4 is 20.1 Å². The number of carbonyl (C=O) groups excluding carboxylic acids is 2. The van der Waals surface area contributed by atoms with Crippen molar-refractivity contribution in [2.45, 2.75) is 40.2 Å². The summed E-state index contributed by atoms with van der Waals surface area (Å²) < 4.78 is 10.5. The minimum Gasteiger partial charge on any atom is -0.493 e. The van der Waals surface area contributed by atoms with Gasteiger partial charge >= 0.3 is 0 Å². The Balaban J connectivity index is 2.07. The predicted octanol–water partition coefficient (Wildman–Crippen LogP) is 4.11. The average Bonchev–Trinajstić information content (AvgIpc) is 2.71. The van der Waals surface area contributed by atoms with Crippen LogP contribution in [-0.4, -0.2) is 26.0 Å². The van der Waals surface area contributed by atoms with Crippen LogP contribution in [0.5, 0.6) is 11.5 Å². The van der Waals surface area contributed by atoms with Crippen molar-refractivity contribution in [1.29, 1.82) is 0 Å². The molecule has 0 bridgehead atoms. The minimum absolute atomic E-state index is 0.258. The van der Waals surface area contributed by atoms with Crippen molar-refractivity contribution in [2.75, 3.05) is 19.5 Å². The molecule has 0 heterocycles. The van der Waals surface area contributed by atoms with Crippen LogP contribution in [0.2, 0.25) is 0 Å². The van der Waals surface area contributed by atoms with Gasteiger partial charge in [0.25, 0.3) is 0 Å². The lowest BCUT2D eigenvalue weighted by atomic mass is 9.90. The molecule has 0 aromatic heterocycles. The maximum absolute atomic E-state index is 12.8. The largest absolute Gasteiger partial charge is 0.493 e. The molecule has 2 aromatic rings. The zero-order valence-corrected chi connectivity index (χ0v) is 18.0. The Morgan fingerprint density at radius 1 is 0.966 bits per heavy atom. The normalized spacial score (nSPS) is 11.1. The van der Waals surface area contributed by atoms with Crippen LogP contribution >= 0.6 is 0 Å². The van der Waals surface area contributed by atoms with Crippen molar-refractivity contribution >= 4 is 17.5 Å². The summed E-state index contributed by atoms with van der Waals surface area (Å²) in [6.07, 6.45) is 0. The molecule has 0 spiro atoms. The van der Waals surface area contributed by atoms with E-state index in [1.165, 1.54) is 0 Å². The van der Waals surface area contributed by atoms with E-state index in [4.69, 9.17) is 9.47 Å². The topological polar surface area (TPSA) is 76.7 Å². The fourth-order valence-electron chi connectivity index (χ4n) is 2.89. The molecule has 2 rings (SSSR count). The molecule has 0 fully saturated rings. The summed E-state index contributed by atoms with van der Waals surface area (Å²) in [6, 6.07) is 13.0. The Bertz CT molecular complexity index is 875. The Labute approximate surface area is 172 Å². The lowest BCUT2D eigenvalue weighted by Gasteiger charge is -2.24. The number of para-hydroxylation sites is 1. The van der Waals surface area contributed by atoms with Gasteiger partial charge in [0.05, 0.1) is 14.2 Å². The average molecular weight is 399 g/mol. The molecule has 0 aliphatic rings. The minimum atomic E-state index is -1.24. The van der Waals surface area contributed by atoms with Crippen LogP contribution in [-0.2, 0) is 16.1 Å². The van der Waals surface area contributed by atoms with E-state index in [9.17, 15) is 9.59 Å². The first-order valence-electron chi connectivity index (χ1n) is 9.60. The van der Waals surface area contributed by atoms with Gasteiger partial charge in [-0.2, -0.15) is 0 Å². The number of rotatable bonds is 8. The number of hydrogen-bond acceptors (Lipinski definition) is 4. The van der Waals surface area contributed by atoms with Gasteiger partial charge in [0.2, 0.25) is 11.8 Å². The van der Waals surface area contributed by atoms with Crippen molar-refractivity contribution in [1.82, 2.24) is 5.32 Å². The molecule has 0 radical (unpaired) electrons. The second-order valence-corrected chi connectivity index (χ2v) is 7.69. The van der Waals surface area contributed by atoms with Crippen molar-refractivity contribution in [3.63, 3.8) is 0 Å². The smallest absolute Gasteiger partial charge is 0.239 e. The molecular formula is C23H30N2O4.